The van der Waals surface area contributed by atoms with E-state index in [0.717, 1.165) is 28.8 Å². The van der Waals surface area contributed by atoms with Crippen LogP contribution in [0.5, 0.6) is 5.75 Å². The first-order valence-corrected chi connectivity index (χ1v) is 7.97. The van der Waals surface area contributed by atoms with Gasteiger partial charge in [-0.1, -0.05) is 23.9 Å². The number of nitrogen functional groups attached to an aromatic ring is 1. The van der Waals surface area contributed by atoms with Gasteiger partial charge in [-0.15, -0.1) is 0 Å². The van der Waals surface area contributed by atoms with Gasteiger partial charge < -0.3 is 10.5 Å². The number of nitrogens with zero attached hydrogens (tertiary/aromatic N) is 2. The number of anilines is 1. The highest BCUT2D eigenvalue weighted by molar-refractivity contribution is 7.99. The molecule has 0 saturated heterocycles. The Hall–Kier alpha value is -1.75. The summed E-state index contributed by atoms with van der Waals surface area (Å²) < 4.78 is 5.82. The Labute approximate surface area is 130 Å². The molecule has 1 aromatic carbocycles. The van der Waals surface area contributed by atoms with Gasteiger partial charge in [0.1, 0.15) is 11.6 Å². The summed E-state index contributed by atoms with van der Waals surface area (Å²) >= 11 is 1.61. The van der Waals surface area contributed by atoms with E-state index in [1.54, 1.807) is 17.8 Å². The maximum atomic E-state index is 5.82. The lowest BCUT2D eigenvalue weighted by atomic mass is 10.1. The third-order valence-corrected chi connectivity index (χ3v) is 3.91. The number of hydrogen-bond donors (Lipinski definition) is 1. The molecule has 0 bridgehead atoms. The summed E-state index contributed by atoms with van der Waals surface area (Å²) in [6, 6.07) is 8.03. The Bertz CT molecular complexity index is 596. The molecule has 0 amide bonds. The van der Waals surface area contributed by atoms with Crippen LogP contribution < -0.4 is 10.5 Å². The fourth-order valence-corrected chi connectivity index (χ4v) is 2.72. The van der Waals surface area contributed by atoms with Crippen LogP contribution in [0.1, 0.15) is 23.2 Å². The normalized spacial score (nSPS) is 10.6. The van der Waals surface area contributed by atoms with E-state index in [1.807, 2.05) is 6.92 Å². The van der Waals surface area contributed by atoms with Gasteiger partial charge in [0.15, 0.2) is 5.16 Å². The SMILES string of the molecule is Cc1ccc(C)c(OCCCSc2nc(C)cc(N)n2)c1. The summed E-state index contributed by atoms with van der Waals surface area (Å²) in [6.07, 6.45) is 0.940. The van der Waals surface area contributed by atoms with Crippen LogP contribution in [0.15, 0.2) is 29.4 Å². The minimum Gasteiger partial charge on any atom is -0.493 e. The van der Waals surface area contributed by atoms with Gasteiger partial charge in [-0.2, -0.15) is 0 Å². The van der Waals surface area contributed by atoms with Crippen molar-refractivity contribution in [3.63, 3.8) is 0 Å². The van der Waals surface area contributed by atoms with Crippen molar-refractivity contribution >= 4 is 17.6 Å². The topological polar surface area (TPSA) is 61.0 Å². The Morgan fingerprint density at radius 3 is 2.71 bits per heavy atom. The molecule has 0 unspecified atom stereocenters. The summed E-state index contributed by atoms with van der Waals surface area (Å²) in [5, 5.41) is 0.735. The number of aromatic nitrogens is 2. The average Bonchev–Trinajstić information content (AvgIpc) is 2.41. The average molecular weight is 303 g/mol. The van der Waals surface area contributed by atoms with E-state index in [4.69, 9.17) is 10.5 Å². The van der Waals surface area contributed by atoms with Gasteiger partial charge in [-0.25, -0.2) is 9.97 Å². The van der Waals surface area contributed by atoms with E-state index in [9.17, 15) is 0 Å². The van der Waals surface area contributed by atoms with E-state index in [0.29, 0.717) is 12.4 Å². The van der Waals surface area contributed by atoms with Crippen LogP contribution >= 0.6 is 11.8 Å². The Morgan fingerprint density at radius 2 is 1.95 bits per heavy atom. The van der Waals surface area contributed by atoms with Gasteiger partial charge >= 0.3 is 0 Å². The van der Waals surface area contributed by atoms with Crippen molar-refractivity contribution < 1.29 is 4.74 Å². The predicted molar refractivity (Wildman–Crippen MR) is 87.9 cm³/mol. The molecule has 21 heavy (non-hydrogen) atoms. The van der Waals surface area contributed by atoms with E-state index in [1.165, 1.54) is 11.1 Å². The molecule has 0 aliphatic rings. The number of hydrogen-bond acceptors (Lipinski definition) is 5. The molecule has 0 saturated carbocycles. The summed E-state index contributed by atoms with van der Waals surface area (Å²) in [6.45, 7) is 6.75. The molecule has 0 aliphatic carbocycles. The first-order valence-electron chi connectivity index (χ1n) is 6.98. The molecule has 2 rings (SSSR count). The van der Waals surface area contributed by atoms with E-state index >= 15 is 0 Å². The number of ether oxygens (including phenoxy) is 1. The molecule has 1 heterocycles. The molecular weight excluding hydrogens is 282 g/mol. The fourth-order valence-electron chi connectivity index (χ4n) is 1.90. The number of aryl methyl sites for hydroxylation is 3. The Morgan fingerprint density at radius 1 is 1.14 bits per heavy atom. The lowest BCUT2D eigenvalue weighted by Gasteiger charge is -2.09. The van der Waals surface area contributed by atoms with Crippen LogP contribution in [0.4, 0.5) is 5.82 Å². The van der Waals surface area contributed by atoms with Crippen LogP contribution in [0.3, 0.4) is 0 Å². The Kier molecular flexibility index (Phi) is 5.44. The molecule has 0 atom stereocenters. The van der Waals surface area contributed by atoms with Crippen molar-refractivity contribution in [3.05, 3.63) is 41.1 Å². The molecule has 2 N–H and O–H groups in total. The second-order valence-electron chi connectivity index (χ2n) is 5.04. The highest BCUT2D eigenvalue weighted by Crippen LogP contribution is 2.20. The highest BCUT2D eigenvalue weighted by atomic mass is 32.2. The van der Waals surface area contributed by atoms with Crippen molar-refractivity contribution in [3.8, 4) is 5.75 Å². The van der Waals surface area contributed by atoms with Crippen molar-refractivity contribution in [1.82, 2.24) is 9.97 Å². The van der Waals surface area contributed by atoms with Gasteiger partial charge in [0, 0.05) is 17.5 Å². The fraction of sp³-hybridized carbons (Fsp3) is 0.375. The van der Waals surface area contributed by atoms with Crippen LogP contribution in [-0.2, 0) is 0 Å². The van der Waals surface area contributed by atoms with Gasteiger partial charge in [0.25, 0.3) is 0 Å². The minimum absolute atomic E-state index is 0.525. The summed E-state index contributed by atoms with van der Waals surface area (Å²) in [7, 11) is 0. The number of nitrogens with two attached hydrogens (primary N) is 1. The lowest BCUT2D eigenvalue weighted by Crippen LogP contribution is -2.01. The minimum atomic E-state index is 0.525. The van der Waals surface area contributed by atoms with Crippen LogP contribution in [0.2, 0.25) is 0 Å². The van der Waals surface area contributed by atoms with Crippen molar-refractivity contribution in [1.29, 1.82) is 0 Å². The van der Waals surface area contributed by atoms with Gasteiger partial charge in [-0.3, -0.25) is 0 Å². The smallest absolute Gasteiger partial charge is 0.189 e. The zero-order valence-electron chi connectivity index (χ0n) is 12.7. The molecule has 4 nitrogen and oxygen atoms in total. The summed E-state index contributed by atoms with van der Waals surface area (Å²) in [5.41, 5.74) is 8.99. The maximum absolute atomic E-state index is 5.82. The van der Waals surface area contributed by atoms with Crippen molar-refractivity contribution in [2.75, 3.05) is 18.1 Å². The first kappa shape index (κ1) is 15.6. The highest BCUT2D eigenvalue weighted by Gasteiger charge is 2.02. The zero-order valence-corrected chi connectivity index (χ0v) is 13.5. The molecule has 0 radical (unpaired) electrons. The van der Waals surface area contributed by atoms with Gasteiger partial charge in [0.2, 0.25) is 0 Å². The monoisotopic (exact) mass is 303 g/mol. The van der Waals surface area contributed by atoms with Gasteiger partial charge in [-0.05, 0) is 44.4 Å². The van der Waals surface area contributed by atoms with Crippen LogP contribution in [0, 0.1) is 20.8 Å². The number of benzene rings is 1. The predicted octanol–water partition coefficient (Wildman–Crippen LogP) is 3.55. The third kappa shape index (κ3) is 4.93. The van der Waals surface area contributed by atoms with Crippen molar-refractivity contribution in [2.24, 2.45) is 0 Å². The molecule has 2 aromatic rings. The third-order valence-electron chi connectivity index (χ3n) is 2.97. The summed E-state index contributed by atoms with van der Waals surface area (Å²) in [5.74, 6) is 2.40. The standard InChI is InChI=1S/C16H21N3OS/c1-11-5-6-12(2)14(9-11)20-7-4-8-21-16-18-13(3)10-15(17)19-16/h5-6,9-10H,4,7-8H2,1-3H3,(H2,17,18,19). The number of thioether (sulfide) groups is 1. The van der Waals surface area contributed by atoms with E-state index in [-0.39, 0.29) is 0 Å². The number of rotatable bonds is 6. The molecule has 0 aliphatic heterocycles. The molecule has 0 spiro atoms. The zero-order chi connectivity index (χ0) is 15.2. The molecule has 0 fully saturated rings. The molecule has 112 valence electrons. The van der Waals surface area contributed by atoms with Crippen molar-refractivity contribution in [2.45, 2.75) is 32.3 Å². The summed E-state index contributed by atoms with van der Waals surface area (Å²) in [4.78, 5) is 8.55. The van der Waals surface area contributed by atoms with Crippen LogP contribution in [-0.4, -0.2) is 22.3 Å². The largest absolute Gasteiger partial charge is 0.493 e. The second-order valence-corrected chi connectivity index (χ2v) is 6.10. The maximum Gasteiger partial charge on any atom is 0.189 e. The van der Waals surface area contributed by atoms with Gasteiger partial charge in [0.05, 0.1) is 6.61 Å². The lowest BCUT2D eigenvalue weighted by molar-refractivity contribution is 0.316. The molecule has 5 heteroatoms. The Balaban J connectivity index is 1.76. The quantitative estimate of drug-likeness (QED) is 0.502. The molecular formula is C16H21N3OS. The van der Waals surface area contributed by atoms with E-state index < -0.39 is 0 Å². The second kappa shape index (κ2) is 7.31. The van der Waals surface area contributed by atoms with Crippen LogP contribution in [0.25, 0.3) is 0 Å². The van der Waals surface area contributed by atoms with E-state index in [2.05, 4.69) is 42.0 Å². The first-order chi connectivity index (χ1) is 10.0. The molecule has 1 aromatic heterocycles.